The largest absolute Gasteiger partial charge is 0.378 e. The number of aryl methyl sites for hydroxylation is 1. The number of aromatic nitrogens is 1. The number of primary amides is 1. The summed E-state index contributed by atoms with van der Waals surface area (Å²) in [4.78, 5) is 32.7. The van der Waals surface area contributed by atoms with E-state index in [1.54, 1.807) is 4.90 Å². The lowest BCUT2D eigenvalue weighted by Crippen LogP contribution is -2.49. The lowest BCUT2D eigenvalue weighted by atomic mass is 10.0. The van der Waals surface area contributed by atoms with E-state index in [1.165, 1.54) is 12.3 Å². The average Bonchev–Trinajstić information content (AvgIpc) is 3.32. The number of nitrogens with two attached hydrogens (primary N) is 1. The van der Waals surface area contributed by atoms with Crippen LogP contribution in [0.2, 0.25) is 0 Å². The van der Waals surface area contributed by atoms with Crippen LogP contribution >= 0.6 is 0 Å². The molecule has 176 valence electrons. The summed E-state index contributed by atoms with van der Waals surface area (Å²) in [6.07, 6.45) is 4.81. The maximum Gasteiger partial charge on any atom is 0.250 e. The number of amides is 2. The van der Waals surface area contributed by atoms with Crippen molar-refractivity contribution in [3.63, 3.8) is 0 Å². The number of piperazine rings is 1. The first kappa shape index (κ1) is 23.1. The van der Waals surface area contributed by atoms with Gasteiger partial charge in [-0.25, -0.2) is 13.8 Å². The Hall–Kier alpha value is -3.07. The number of rotatable bonds is 7. The normalized spacial score (nSPS) is 18.5. The molecule has 0 spiro atoms. The number of benzene rings is 1. The summed E-state index contributed by atoms with van der Waals surface area (Å²) in [6, 6.07) is 5.62. The van der Waals surface area contributed by atoms with Gasteiger partial charge in [-0.1, -0.05) is 6.07 Å². The van der Waals surface area contributed by atoms with E-state index in [9.17, 15) is 18.4 Å². The molecule has 1 atom stereocenters. The number of hydrogen-bond acceptors (Lipinski definition) is 5. The molecule has 2 N–H and O–H groups in total. The van der Waals surface area contributed by atoms with Crippen LogP contribution in [0.1, 0.15) is 40.7 Å². The predicted octanol–water partition coefficient (Wildman–Crippen LogP) is 2.46. The van der Waals surface area contributed by atoms with E-state index in [0.29, 0.717) is 50.1 Å². The van der Waals surface area contributed by atoms with Crippen LogP contribution in [0.3, 0.4) is 0 Å². The molecule has 2 aromatic rings. The molecule has 1 aromatic carbocycles. The highest BCUT2D eigenvalue weighted by atomic mass is 19.2. The molecule has 2 aliphatic rings. The fraction of sp³-hybridized carbons (Fsp3) is 0.458. The molecule has 1 aromatic heterocycles. The Morgan fingerprint density at radius 3 is 2.58 bits per heavy atom. The molecule has 2 aliphatic heterocycles. The fourth-order valence-electron chi connectivity index (χ4n) is 4.39. The molecule has 9 heteroatoms. The van der Waals surface area contributed by atoms with Crippen LogP contribution in [0.25, 0.3) is 0 Å². The van der Waals surface area contributed by atoms with Crippen molar-refractivity contribution < 1.29 is 23.1 Å². The van der Waals surface area contributed by atoms with E-state index in [2.05, 4.69) is 9.88 Å². The Labute approximate surface area is 191 Å². The van der Waals surface area contributed by atoms with Gasteiger partial charge in [-0.05, 0) is 55.0 Å². The van der Waals surface area contributed by atoms with Crippen molar-refractivity contribution in [2.75, 3.05) is 37.7 Å². The Kier molecular flexibility index (Phi) is 7.17. The average molecular weight is 459 g/mol. The molecule has 33 heavy (non-hydrogen) atoms. The molecule has 0 radical (unpaired) electrons. The number of carbonyl (C=O) groups is 2. The van der Waals surface area contributed by atoms with E-state index in [4.69, 9.17) is 10.5 Å². The quantitative estimate of drug-likeness (QED) is 0.689. The Morgan fingerprint density at radius 1 is 1.12 bits per heavy atom. The molecule has 3 heterocycles. The highest BCUT2D eigenvalue weighted by molar-refractivity contribution is 5.94. The third kappa shape index (κ3) is 5.65. The van der Waals surface area contributed by atoms with Crippen molar-refractivity contribution in [2.45, 2.75) is 38.2 Å². The predicted molar refractivity (Wildman–Crippen MR) is 119 cm³/mol. The number of hydrogen-bond donors (Lipinski definition) is 1. The second-order valence-corrected chi connectivity index (χ2v) is 8.52. The van der Waals surface area contributed by atoms with Gasteiger partial charge in [0, 0.05) is 45.4 Å². The number of halogens is 2. The highest BCUT2D eigenvalue weighted by Gasteiger charge is 2.24. The van der Waals surface area contributed by atoms with Crippen molar-refractivity contribution in [1.82, 2.24) is 9.88 Å². The minimum Gasteiger partial charge on any atom is -0.378 e. The van der Waals surface area contributed by atoms with Crippen LogP contribution in [0, 0.1) is 11.6 Å². The second-order valence-electron chi connectivity index (χ2n) is 8.52. The zero-order valence-electron chi connectivity index (χ0n) is 18.4. The standard InChI is InChI=1S/C24H28F2N4O3/c25-20-5-3-16(12-21(20)26)4-6-23(31)30-9-7-29(8-10-30)22-14-17(13-18-2-1-11-33-18)19(15-28-22)24(27)32/h3,5,12,14-15,18H,1-2,4,6-11,13H2,(H2,27,32). The van der Waals surface area contributed by atoms with Gasteiger partial charge >= 0.3 is 0 Å². The maximum atomic E-state index is 13.4. The minimum absolute atomic E-state index is 0.0181. The summed E-state index contributed by atoms with van der Waals surface area (Å²) in [5, 5.41) is 0. The molecular weight excluding hydrogens is 430 g/mol. The summed E-state index contributed by atoms with van der Waals surface area (Å²) >= 11 is 0. The summed E-state index contributed by atoms with van der Waals surface area (Å²) in [5.41, 5.74) is 7.39. The van der Waals surface area contributed by atoms with Crippen LogP contribution < -0.4 is 10.6 Å². The number of ether oxygens (including phenoxy) is 1. The van der Waals surface area contributed by atoms with Crippen LogP contribution in [0.4, 0.5) is 14.6 Å². The summed E-state index contributed by atoms with van der Waals surface area (Å²) in [5.74, 6) is -1.56. The zero-order chi connectivity index (χ0) is 23.4. The van der Waals surface area contributed by atoms with E-state index in [1.807, 2.05) is 6.07 Å². The zero-order valence-corrected chi connectivity index (χ0v) is 18.4. The van der Waals surface area contributed by atoms with Gasteiger partial charge in [0.2, 0.25) is 5.91 Å². The molecule has 2 amide bonds. The third-order valence-electron chi connectivity index (χ3n) is 6.28. The van der Waals surface area contributed by atoms with E-state index in [-0.39, 0.29) is 18.4 Å². The molecular formula is C24H28F2N4O3. The van der Waals surface area contributed by atoms with Crippen molar-refractivity contribution >= 4 is 17.6 Å². The molecule has 4 rings (SSSR count). The highest BCUT2D eigenvalue weighted by Crippen LogP contribution is 2.23. The van der Waals surface area contributed by atoms with E-state index in [0.717, 1.165) is 43.0 Å². The molecule has 0 bridgehead atoms. The van der Waals surface area contributed by atoms with Gasteiger partial charge in [0.25, 0.3) is 5.91 Å². The first-order valence-electron chi connectivity index (χ1n) is 11.3. The van der Waals surface area contributed by atoms with Crippen molar-refractivity contribution in [3.8, 4) is 0 Å². The van der Waals surface area contributed by atoms with Crippen LogP contribution in [0.15, 0.2) is 30.5 Å². The van der Waals surface area contributed by atoms with Crippen molar-refractivity contribution in [3.05, 3.63) is 58.8 Å². The summed E-state index contributed by atoms with van der Waals surface area (Å²) in [6.45, 7) is 3.03. The third-order valence-corrected chi connectivity index (χ3v) is 6.28. The number of nitrogens with zero attached hydrogens (tertiary/aromatic N) is 3. The van der Waals surface area contributed by atoms with Crippen LogP contribution in [0.5, 0.6) is 0 Å². The monoisotopic (exact) mass is 458 g/mol. The minimum atomic E-state index is -0.901. The van der Waals surface area contributed by atoms with Gasteiger partial charge in [0.1, 0.15) is 5.82 Å². The van der Waals surface area contributed by atoms with Crippen LogP contribution in [-0.2, 0) is 22.4 Å². The second kappa shape index (κ2) is 10.2. The van der Waals surface area contributed by atoms with E-state index >= 15 is 0 Å². The Morgan fingerprint density at radius 2 is 1.91 bits per heavy atom. The van der Waals surface area contributed by atoms with Crippen molar-refractivity contribution in [1.29, 1.82) is 0 Å². The topological polar surface area (TPSA) is 88.8 Å². The molecule has 0 aliphatic carbocycles. The first-order valence-corrected chi connectivity index (χ1v) is 11.3. The molecule has 7 nitrogen and oxygen atoms in total. The van der Waals surface area contributed by atoms with E-state index < -0.39 is 17.5 Å². The Bertz CT molecular complexity index is 1020. The van der Waals surface area contributed by atoms with Crippen molar-refractivity contribution in [2.24, 2.45) is 5.73 Å². The molecule has 2 saturated heterocycles. The molecule has 2 fully saturated rings. The van der Waals surface area contributed by atoms with Crippen LogP contribution in [-0.4, -0.2) is 60.6 Å². The first-order chi connectivity index (χ1) is 15.9. The number of pyridine rings is 1. The molecule has 0 saturated carbocycles. The smallest absolute Gasteiger partial charge is 0.250 e. The summed E-state index contributed by atoms with van der Waals surface area (Å²) < 4.78 is 32.1. The SMILES string of the molecule is NC(=O)c1cnc(N2CCN(C(=O)CCc3ccc(F)c(F)c3)CC2)cc1CC1CCCO1. The maximum absolute atomic E-state index is 13.4. The van der Waals surface area contributed by atoms with Gasteiger partial charge in [-0.15, -0.1) is 0 Å². The number of anilines is 1. The lowest BCUT2D eigenvalue weighted by Gasteiger charge is -2.35. The Balaban J connectivity index is 1.34. The van der Waals surface area contributed by atoms with Gasteiger partial charge in [-0.3, -0.25) is 9.59 Å². The lowest BCUT2D eigenvalue weighted by molar-refractivity contribution is -0.131. The van der Waals surface area contributed by atoms with Gasteiger partial charge < -0.3 is 20.3 Å². The number of carbonyl (C=O) groups excluding carboxylic acids is 2. The van der Waals surface area contributed by atoms with Gasteiger partial charge in [-0.2, -0.15) is 0 Å². The molecule has 1 unspecified atom stereocenters. The fourth-order valence-corrected chi connectivity index (χ4v) is 4.39. The van der Waals surface area contributed by atoms with Gasteiger partial charge in [0.05, 0.1) is 11.7 Å². The summed E-state index contributed by atoms with van der Waals surface area (Å²) in [7, 11) is 0. The van der Waals surface area contributed by atoms with Gasteiger partial charge in [0.15, 0.2) is 11.6 Å².